The lowest BCUT2D eigenvalue weighted by atomic mass is 9.83. The Morgan fingerprint density at radius 3 is 1.67 bits per heavy atom. The summed E-state index contributed by atoms with van der Waals surface area (Å²) >= 11 is 0. The molecule has 0 atom stereocenters. The molecular weight excluding hydrogens is 240 g/mol. The molecule has 0 amide bonds. The van der Waals surface area contributed by atoms with Gasteiger partial charge in [0, 0.05) is 13.2 Å². The van der Waals surface area contributed by atoms with Crippen LogP contribution in [0, 0.1) is 5.41 Å². The van der Waals surface area contributed by atoms with Crippen molar-refractivity contribution in [2.45, 2.75) is 19.3 Å². The third kappa shape index (κ3) is 5.60. The molecule has 0 bridgehead atoms. The summed E-state index contributed by atoms with van der Waals surface area (Å²) in [4.78, 5) is 22.0. The molecule has 0 spiro atoms. The van der Waals surface area contributed by atoms with Crippen LogP contribution >= 0.6 is 0 Å². The fourth-order valence-corrected chi connectivity index (χ4v) is 1.38. The number of rotatable bonds is 9. The van der Waals surface area contributed by atoms with Crippen molar-refractivity contribution in [3.8, 4) is 0 Å². The number of hydrogen-bond donors (Lipinski definition) is 4. The molecule has 0 aromatic heterocycles. The summed E-state index contributed by atoms with van der Waals surface area (Å²) in [7, 11) is 0. The molecule has 0 saturated carbocycles. The Balaban J connectivity index is 5.14. The van der Waals surface area contributed by atoms with Gasteiger partial charge in [-0.15, -0.1) is 0 Å². The third-order valence-electron chi connectivity index (χ3n) is 2.26. The van der Waals surface area contributed by atoms with Crippen LogP contribution in [0.15, 0.2) is 24.3 Å². The van der Waals surface area contributed by atoms with E-state index in [0.717, 1.165) is 0 Å². The third-order valence-corrected chi connectivity index (χ3v) is 2.26. The van der Waals surface area contributed by atoms with Gasteiger partial charge in [0.2, 0.25) is 0 Å². The second-order valence-corrected chi connectivity index (χ2v) is 3.75. The molecule has 6 nitrogen and oxygen atoms in total. The van der Waals surface area contributed by atoms with Gasteiger partial charge in [-0.25, -0.2) is 0 Å². The zero-order valence-electron chi connectivity index (χ0n) is 9.95. The molecule has 0 heterocycles. The molecule has 0 aromatic carbocycles. The van der Waals surface area contributed by atoms with E-state index in [1.165, 1.54) is 24.3 Å². The zero-order valence-corrected chi connectivity index (χ0v) is 9.95. The highest BCUT2D eigenvalue weighted by molar-refractivity contribution is 5.85. The molecule has 0 unspecified atom stereocenters. The number of hydrogen-bond acceptors (Lipinski definition) is 4. The largest absolute Gasteiger partial charge is 0.481 e. The van der Waals surface area contributed by atoms with Crippen molar-refractivity contribution in [1.82, 2.24) is 0 Å². The van der Waals surface area contributed by atoms with Crippen LogP contribution in [-0.2, 0) is 9.59 Å². The fraction of sp³-hybridized carbons (Fsp3) is 0.500. The van der Waals surface area contributed by atoms with Gasteiger partial charge in [-0.05, 0) is 12.8 Å². The van der Waals surface area contributed by atoms with Crippen LogP contribution in [0.3, 0.4) is 0 Å². The topological polar surface area (TPSA) is 115 Å². The molecule has 0 fully saturated rings. The summed E-state index contributed by atoms with van der Waals surface area (Å²) < 4.78 is 0. The van der Waals surface area contributed by atoms with Gasteiger partial charge in [0.1, 0.15) is 5.41 Å². The lowest BCUT2D eigenvalue weighted by Gasteiger charge is -2.20. The van der Waals surface area contributed by atoms with Crippen LogP contribution in [0.2, 0.25) is 0 Å². The van der Waals surface area contributed by atoms with Crippen LogP contribution < -0.4 is 0 Å². The summed E-state index contributed by atoms with van der Waals surface area (Å²) in [6.07, 6.45) is 5.29. The summed E-state index contributed by atoms with van der Waals surface area (Å²) in [5.74, 6) is -2.52. The lowest BCUT2D eigenvalue weighted by molar-refractivity contribution is -0.150. The second-order valence-electron chi connectivity index (χ2n) is 3.75. The second kappa shape index (κ2) is 8.43. The average molecular weight is 258 g/mol. The van der Waals surface area contributed by atoms with Crippen LogP contribution in [0.5, 0.6) is 0 Å². The van der Waals surface area contributed by atoms with Gasteiger partial charge in [0.25, 0.3) is 0 Å². The van der Waals surface area contributed by atoms with E-state index in [0.29, 0.717) is 0 Å². The van der Waals surface area contributed by atoms with E-state index in [9.17, 15) is 14.7 Å². The van der Waals surface area contributed by atoms with Crippen molar-refractivity contribution in [1.29, 1.82) is 0 Å². The van der Waals surface area contributed by atoms with E-state index in [2.05, 4.69) is 0 Å². The number of aliphatic hydroxyl groups is 2. The van der Waals surface area contributed by atoms with Gasteiger partial charge in [0.15, 0.2) is 0 Å². The number of carboxylic acid groups (broad SMARTS) is 2. The summed E-state index contributed by atoms with van der Waals surface area (Å²) in [6.45, 7) is -0.279. The molecule has 0 rings (SSSR count). The molecule has 0 aliphatic carbocycles. The van der Waals surface area contributed by atoms with Crippen molar-refractivity contribution < 1.29 is 30.0 Å². The Kier molecular flexibility index (Phi) is 7.66. The van der Waals surface area contributed by atoms with Crippen molar-refractivity contribution >= 4 is 11.9 Å². The van der Waals surface area contributed by atoms with Gasteiger partial charge < -0.3 is 20.4 Å². The highest BCUT2D eigenvalue weighted by Gasteiger charge is 2.35. The Morgan fingerprint density at radius 2 is 1.39 bits per heavy atom. The molecule has 0 aliphatic heterocycles. The maximum Gasteiger partial charge on any atom is 0.318 e. The van der Waals surface area contributed by atoms with Crippen molar-refractivity contribution in [3.05, 3.63) is 24.3 Å². The van der Waals surface area contributed by atoms with Gasteiger partial charge in [-0.2, -0.15) is 0 Å². The summed E-state index contributed by atoms with van der Waals surface area (Å²) in [6, 6.07) is 0. The maximum absolute atomic E-state index is 11.3. The van der Waals surface area contributed by atoms with Crippen LogP contribution in [-0.4, -0.2) is 45.6 Å². The molecule has 6 heteroatoms. The average Bonchev–Trinajstić information content (AvgIpc) is 2.28. The summed E-state index contributed by atoms with van der Waals surface area (Å²) in [5, 5.41) is 35.2. The monoisotopic (exact) mass is 258 g/mol. The number of aliphatic carboxylic acids is 2. The van der Waals surface area contributed by atoms with E-state index >= 15 is 0 Å². The van der Waals surface area contributed by atoms with Crippen LogP contribution in [0.1, 0.15) is 19.3 Å². The van der Waals surface area contributed by atoms with Gasteiger partial charge >= 0.3 is 11.9 Å². The molecule has 4 N–H and O–H groups in total. The van der Waals surface area contributed by atoms with E-state index in [1.54, 1.807) is 0 Å². The predicted octanol–water partition coefficient (Wildman–Crippen LogP) is 0.409. The zero-order chi connectivity index (χ0) is 14.0. The molecule has 0 saturated heterocycles. The smallest absolute Gasteiger partial charge is 0.318 e. The van der Waals surface area contributed by atoms with Crippen molar-refractivity contribution in [3.63, 3.8) is 0 Å². The standard InChI is InChI=1S/C12H18O6/c13-7-3-1-5-12(11(17)18,9-10(15)16)6-2-4-8-14/h1-2,5-6,13-14H,3-4,7-9H2,(H,15,16)(H,17,18). The first kappa shape index (κ1) is 16.3. The number of carboxylic acids is 2. The van der Waals surface area contributed by atoms with E-state index in [-0.39, 0.29) is 26.1 Å². The van der Waals surface area contributed by atoms with Gasteiger partial charge in [0.05, 0.1) is 6.42 Å². The molecular formula is C12H18O6. The minimum atomic E-state index is -1.64. The van der Waals surface area contributed by atoms with Gasteiger partial charge in [-0.3, -0.25) is 9.59 Å². The number of aliphatic hydroxyl groups excluding tert-OH is 2. The quantitative estimate of drug-likeness (QED) is 0.445. The highest BCUT2D eigenvalue weighted by atomic mass is 16.4. The van der Waals surface area contributed by atoms with Crippen molar-refractivity contribution in [2.24, 2.45) is 5.41 Å². The van der Waals surface area contributed by atoms with Crippen molar-refractivity contribution in [2.75, 3.05) is 13.2 Å². The first-order chi connectivity index (χ1) is 8.48. The Hall–Kier alpha value is -1.66. The minimum absolute atomic E-state index is 0.139. The van der Waals surface area contributed by atoms with Crippen LogP contribution in [0.4, 0.5) is 0 Å². The Bertz CT molecular complexity index is 315. The van der Waals surface area contributed by atoms with E-state index in [1.807, 2.05) is 0 Å². The minimum Gasteiger partial charge on any atom is -0.481 e. The normalized spacial score (nSPS) is 15.0. The SMILES string of the molecule is O=C(O)CC(C=CCCO)(C=CCCO)C(=O)O. The van der Waals surface area contributed by atoms with Gasteiger partial charge in [-0.1, -0.05) is 24.3 Å². The molecule has 18 heavy (non-hydrogen) atoms. The Labute approximate surface area is 105 Å². The first-order valence-corrected chi connectivity index (χ1v) is 5.51. The number of carbonyl (C=O) groups is 2. The maximum atomic E-state index is 11.3. The fourth-order valence-electron chi connectivity index (χ4n) is 1.38. The first-order valence-electron chi connectivity index (χ1n) is 5.51. The summed E-state index contributed by atoms with van der Waals surface area (Å²) in [5.41, 5.74) is -1.64. The molecule has 0 aromatic rings. The predicted molar refractivity (Wildman–Crippen MR) is 64.0 cm³/mol. The lowest BCUT2D eigenvalue weighted by Crippen LogP contribution is -2.29. The highest BCUT2D eigenvalue weighted by Crippen LogP contribution is 2.27. The Morgan fingerprint density at radius 1 is 0.944 bits per heavy atom. The molecule has 0 radical (unpaired) electrons. The van der Waals surface area contributed by atoms with E-state index in [4.69, 9.17) is 15.3 Å². The molecule has 102 valence electrons. The molecule has 0 aliphatic rings. The van der Waals surface area contributed by atoms with E-state index < -0.39 is 23.8 Å². The van der Waals surface area contributed by atoms with Crippen LogP contribution in [0.25, 0.3) is 0 Å².